The molecule has 12 heteroatoms. The van der Waals surface area contributed by atoms with Gasteiger partial charge in [-0.05, 0) is 39.8 Å². The number of sulfone groups is 1. The molecule has 0 aromatic carbocycles. The first-order valence-electron chi connectivity index (χ1n) is 8.80. The van der Waals surface area contributed by atoms with Gasteiger partial charge in [0.15, 0.2) is 15.8 Å². The van der Waals surface area contributed by atoms with Gasteiger partial charge in [-0.3, -0.25) is 4.99 Å². The van der Waals surface area contributed by atoms with Crippen molar-refractivity contribution in [1.29, 1.82) is 0 Å². The largest absolute Gasteiger partial charge is 0.357 e. The average molecular weight is 565 g/mol. The summed E-state index contributed by atoms with van der Waals surface area (Å²) in [6, 6.07) is 3.36. The van der Waals surface area contributed by atoms with Crippen LogP contribution in [0, 0.1) is 6.92 Å². The number of rotatable bonds is 6. The van der Waals surface area contributed by atoms with Crippen molar-refractivity contribution in [2.45, 2.75) is 36.7 Å². The lowest BCUT2D eigenvalue weighted by atomic mass is 10.2. The van der Waals surface area contributed by atoms with E-state index in [0.29, 0.717) is 29.8 Å². The summed E-state index contributed by atoms with van der Waals surface area (Å²) in [7, 11) is -6.65. The lowest BCUT2D eigenvalue weighted by Crippen LogP contribution is -2.57. The molecule has 1 aromatic heterocycles. The fourth-order valence-electron chi connectivity index (χ4n) is 2.72. The molecule has 1 fully saturated rings. The maximum atomic E-state index is 12.2. The topological polar surface area (TPSA) is 108 Å². The van der Waals surface area contributed by atoms with Gasteiger partial charge in [-0.25, -0.2) is 21.6 Å². The molecule has 1 aliphatic rings. The minimum Gasteiger partial charge on any atom is -0.357 e. The highest BCUT2D eigenvalue weighted by atomic mass is 127. The highest BCUT2D eigenvalue weighted by Gasteiger charge is 2.40. The Labute approximate surface area is 189 Å². The van der Waals surface area contributed by atoms with Crippen molar-refractivity contribution in [3.63, 3.8) is 0 Å². The van der Waals surface area contributed by atoms with Crippen molar-refractivity contribution >= 4 is 61.1 Å². The molecule has 0 aliphatic carbocycles. The SMILES string of the molecule is CCNC(=NCCNS(=O)(=O)c1ccc(C)s1)N1CCS(=O)(=O)C(C)(C)C1.I. The molecule has 0 spiro atoms. The normalized spacial score (nSPS) is 19.1. The van der Waals surface area contributed by atoms with Crippen molar-refractivity contribution < 1.29 is 16.8 Å². The third-order valence-electron chi connectivity index (χ3n) is 4.32. The first-order chi connectivity index (χ1) is 12.5. The van der Waals surface area contributed by atoms with Crippen LogP contribution in [0.25, 0.3) is 0 Å². The summed E-state index contributed by atoms with van der Waals surface area (Å²) in [5.74, 6) is 0.682. The van der Waals surface area contributed by atoms with Gasteiger partial charge in [-0.1, -0.05) is 0 Å². The average Bonchev–Trinajstić information content (AvgIpc) is 3.00. The van der Waals surface area contributed by atoms with Gasteiger partial charge < -0.3 is 10.2 Å². The minimum atomic E-state index is -3.52. The fraction of sp³-hybridized carbons (Fsp3) is 0.688. The van der Waals surface area contributed by atoms with E-state index in [1.54, 1.807) is 26.0 Å². The second-order valence-corrected chi connectivity index (χ2v) is 13.0. The quantitative estimate of drug-likeness (QED) is 0.234. The zero-order chi connectivity index (χ0) is 20.3. The lowest BCUT2D eigenvalue weighted by Gasteiger charge is -2.39. The number of guanidine groups is 1. The number of aryl methyl sites for hydroxylation is 1. The van der Waals surface area contributed by atoms with Crippen molar-refractivity contribution in [1.82, 2.24) is 14.9 Å². The third-order valence-corrected chi connectivity index (χ3v) is 9.81. The summed E-state index contributed by atoms with van der Waals surface area (Å²) in [6.45, 7) is 9.02. The van der Waals surface area contributed by atoms with Gasteiger partial charge in [0.2, 0.25) is 10.0 Å². The van der Waals surface area contributed by atoms with Gasteiger partial charge in [-0.15, -0.1) is 35.3 Å². The highest BCUT2D eigenvalue weighted by Crippen LogP contribution is 2.23. The molecule has 28 heavy (non-hydrogen) atoms. The lowest BCUT2D eigenvalue weighted by molar-refractivity contribution is 0.353. The van der Waals surface area contributed by atoms with Crippen LogP contribution in [0.4, 0.5) is 0 Å². The second kappa shape index (κ2) is 10.0. The van der Waals surface area contributed by atoms with Gasteiger partial charge >= 0.3 is 0 Å². The van der Waals surface area contributed by atoms with Crippen LogP contribution in [0.1, 0.15) is 25.6 Å². The molecule has 0 unspecified atom stereocenters. The first-order valence-corrected chi connectivity index (χ1v) is 12.8. The van der Waals surface area contributed by atoms with E-state index in [-0.39, 0.29) is 42.8 Å². The molecule has 1 aromatic rings. The Balaban J connectivity index is 0.00000392. The summed E-state index contributed by atoms with van der Waals surface area (Å²) < 4.78 is 50.8. The zero-order valence-corrected chi connectivity index (χ0v) is 21.3. The maximum absolute atomic E-state index is 12.2. The summed E-state index contributed by atoms with van der Waals surface area (Å²) in [5.41, 5.74) is 0. The maximum Gasteiger partial charge on any atom is 0.250 e. The Morgan fingerprint density at radius 1 is 1.36 bits per heavy atom. The summed E-state index contributed by atoms with van der Waals surface area (Å²) in [5, 5.41) is 3.16. The number of hydrogen-bond acceptors (Lipinski definition) is 6. The van der Waals surface area contributed by atoms with Crippen molar-refractivity contribution in [2.24, 2.45) is 4.99 Å². The number of halogens is 1. The number of thiophene rings is 1. The van der Waals surface area contributed by atoms with Crippen LogP contribution in [-0.4, -0.2) is 70.9 Å². The van der Waals surface area contributed by atoms with Crippen molar-refractivity contribution in [2.75, 3.05) is 38.5 Å². The molecule has 162 valence electrons. The molecular weight excluding hydrogens is 535 g/mol. The second-order valence-electron chi connectivity index (χ2n) is 7.00. The van der Waals surface area contributed by atoms with E-state index in [9.17, 15) is 16.8 Å². The molecule has 2 heterocycles. The van der Waals surface area contributed by atoms with Gasteiger partial charge in [0.05, 0.1) is 17.0 Å². The standard InChI is InChI=1S/C16H28N4O4S3.HI/c1-5-17-15(20-10-11-26(21,22)16(3,4)12-20)18-8-9-19-27(23,24)14-7-6-13(2)25-14;/h6-7,19H,5,8-12H2,1-4H3,(H,17,18);1H. The van der Waals surface area contributed by atoms with E-state index < -0.39 is 24.6 Å². The van der Waals surface area contributed by atoms with Crippen molar-refractivity contribution in [3.05, 3.63) is 17.0 Å². The summed E-state index contributed by atoms with van der Waals surface area (Å²) in [4.78, 5) is 7.32. The first kappa shape index (κ1) is 25.6. The Hall–Kier alpha value is -0.440. The monoisotopic (exact) mass is 564 g/mol. The Morgan fingerprint density at radius 3 is 2.57 bits per heavy atom. The van der Waals surface area contributed by atoms with Crippen LogP contribution < -0.4 is 10.0 Å². The van der Waals surface area contributed by atoms with E-state index in [2.05, 4.69) is 15.0 Å². The molecule has 2 rings (SSSR count). The van der Waals surface area contributed by atoms with Crippen LogP contribution in [0.15, 0.2) is 21.3 Å². The molecule has 0 saturated carbocycles. The summed E-state index contributed by atoms with van der Waals surface area (Å²) >= 11 is 1.23. The van der Waals surface area contributed by atoms with Crippen LogP contribution in [-0.2, 0) is 19.9 Å². The Bertz CT molecular complexity index is 895. The molecule has 0 atom stereocenters. The van der Waals surface area contributed by atoms with E-state index in [1.165, 1.54) is 11.3 Å². The van der Waals surface area contributed by atoms with Crippen LogP contribution in [0.5, 0.6) is 0 Å². The molecule has 1 aliphatic heterocycles. The minimum absolute atomic E-state index is 0. The molecule has 0 bridgehead atoms. The number of nitrogens with one attached hydrogen (secondary N) is 2. The molecule has 8 nitrogen and oxygen atoms in total. The van der Waals surface area contributed by atoms with E-state index in [0.717, 1.165) is 4.88 Å². The van der Waals surface area contributed by atoms with Crippen LogP contribution in [0.2, 0.25) is 0 Å². The summed E-state index contributed by atoms with van der Waals surface area (Å²) in [6.07, 6.45) is 0. The predicted molar refractivity (Wildman–Crippen MR) is 125 cm³/mol. The van der Waals surface area contributed by atoms with Gasteiger partial charge in [0, 0.05) is 31.1 Å². The Morgan fingerprint density at radius 2 is 2.04 bits per heavy atom. The number of sulfonamides is 1. The van der Waals surface area contributed by atoms with E-state index in [1.807, 2.05) is 18.7 Å². The van der Waals surface area contributed by atoms with E-state index in [4.69, 9.17) is 0 Å². The smallest absolute Gasteiger partial charge is 0.250 e. The number of aliphatic imine (C=N–C) groups is 1. The zero-order valence-electron chi connectivity index (χ0n) is 16.6. The van der Waals surface area contributed by atoms with Crippen LogP contribution in [0.3, 0.4) is 0 Å². The molecule has 0 amide bonds. The highest BCUT2D eigenvalue weighted by molar-refractivity contribution is 14.0. The predicted octanol–water partition coefficient (Wildman–Crippen LogP) is 1.43. The molecule has 1 saturated heterocycles. The van der Waals surface area contributed by atoms with Gasteiger partial charge in [0.25, 0.3) is 0 Å². The number of hydrogen-bond donors (Lipinski definition) is 2. The van der Waals surface area contributed by atoms with Crippen molar-refractivity contribution in [3.8, 4) is 0 Å². The molecular formula is C16H29IN4O4S3. The van der Waals surface area contributed by atoms with Crippen LogP contribution >= 0.6 is 35.3 Å². The van der Waals surface area contributed by atoms with E-state index >= 15 is 0 Å². The third kappa shape index (κ3) is 6.28. The van der Waals surface area contributed by atoms with Gasteiger partial charge in [0.1, 0.15) is 4.21 Å². The molecule has 0 radical (unpaired) electrons. The van der Waals surface area contributed by atoms with Gasteiger partial charge in [-0.2, -0.15) is 0 Å². The molecule has 2 N–H and O–H groups in total. The fourth-order valence-corrected chi connectivity index (χ4v) is 6.43. The Kier molecular flexibility index (Phi) is 9.18. The number of nitrogens with zero attached hydrogens (tertiary/aromatic N) is 2.